The van der Waals surface area contributed by atoms with Gasteiger partial charge in [0.05, 0.1) is 6.61 Å². The molecule has 0 bridgehead atoms. The predicted molar refractivity (Wildman–Crippen MR) is 103 cm³/mol. The van der Waals surface area contributed by atoms with Crippen LogP contribution in [0, 0.1) is 0 Å². The van der Waals surface area contributed by atoms with Crippen LogP contribution in [0.2, 0.25) is 0 Å². The summed E-state index contributed by atoms with van der Waals surface area (Å²) in [7, 11) is 0. The van der Waals surface area contributed by atoms with Crippen molar-refractivity contribution in [3.8, 4) is 0 Å². The number of benzene rings is 2. The summed E-state index contributed by atoms with van der Waals surface area (Å²) < 4.78 is 4.99. The van der Waals surface area contributed by atoms with Crippen molar-refractivity contribution in [3.05, 3.63) is 71.8 Å². The van der Waals surface area contributed by atoms with Gasteiger partial charge in [0, 0.05) is 11.3 Å². The summed E-state index contributed by atoms with van der Waals surface area (Å²) in [5, 5.41) is 0. The van der Waals surface area contributed by atoms with Gasteiger partial charge in [-0.15, -0.1) is 12.4 Å². The Morgan fingerprint density at radius 2 is 1.56 bits per heavy atom. The third-order valence-electron chi connectivity index (χ3n) is 3.43. The molecular formula is C20H22ClNO3. The quantitative estimate of drug-likeness (QED) is 0.576. The van der Waals surface area contributed by atoms with Gasteiger partial charge in [-0.3, -0.25) is 14.5 Å². The van der Waals surface area contributed by atoms with Gasteiger partial charge in [-0.1, -0.05) is 48.5 Å². The van der Waals surface area contributed by atoms with E-state index in [-0.39, 0.29) is 31.5 Å². The molecule has 0 saturated heterocycles. The molecule has 0 N–H and O–H groups in total. The van der Waals surface area contributed by atoms with Crippen LogP contribution in [0.5, 0.6) is 0 Å². The molecule has 0 fully saturated rings. The van der Waals surface area contributed by atoms with Crippen LogP contribution in [0.15, 0.2) is 66.2 Å². The topological polar surface area (TPSA) is 46.6 Å². The van der Waals surface area contributed by atoms with E-state index in [2.05, 4.69) is 0 Å². The highest BCUT2D eigenvalue weighted by atomic mass is 35.5. The van der Waals surface area contributed by atoms with E-state index >= 15 is 0 Å². The Hall–Kier alpha value is -2.59. The first-order valence-corrected chi connectivity index (χ1v) is 7.87. The first kappa shape index (κ1) is 20.5. The summed E-state index contributed by atoms with van der Waals surface area (Å²) in [6.07, 6.45) is 1.81. The normalized spacial score (nSPS) is 10.6. The lowest BCUT2D eigenvalue weighted by atomic mass is 10.1. The average Bonchev–Trinajstić information content (AvgIpc) is 2.61. The van der Waals surface area contributed by atoms with Gasteiger partial charge in [-0.2, -0.15) is 0 Å². The van der Waals surface area contributed by atoms with Crippen LogP contribution in [0.1, 0.15) is 19.4 Å². The molecule has 0 aliphatic rings. The van der Waals surface area contributed by atoms with Gasteiger partial charge in [0.15, 0.2) is 0 Å². The van der Waals surface area contributed by atoms with Crippen molar-refractivity contribution in [2.45, 2.75) is 13.8 Å². The SMILES string of the molecule is CCOC(=O)CN(C(=O)/C(C)=C/c1ccccc1)c1ccccc1.Cl. The highest BCUT2D eigenvalue weighted by Crippen LogP contribution is 2.17. The molecule has 2 rings (SSSR count). The molecule has 0 spiro atoms. The number of amides is 1. The molecule has 2 aromatic rings. The number of halogens is 1. The van der Waals surface area contributed by atoms with Crippen LogP contribution in [0.4, 0.5) is 5.69 Å². The first-order chi connectivity index (χ1) is 11.6. The molecule has 0 heterocycles. The number of hydrogen-bond acceptors (Lipinski definition) is 3. The van der Waals surface area contributed by atoms with E-state index < -0.39 is 5.97 Å². The van der Waals surface area contributed by atoms with Gasteiger partial charge in [0.1, 0.15) is 6.54 Å². The largest absolute Gasteiger partial charge is 0.465 e. The Balaban J connectivity index is 0.00000312. The van der Waals surface area contributed by atoms with Crippen LogP contribution in [-0.2, 0) is 14.3 Å². The van der Waals surface area contributed by atoms with Gasteiger partial charge in [-0.05, 0) is 37.6 Å². The lowest BCUT2D eigenvalue weighted by molar-refractivity contribution is -0.142. The standard InChI is InChI=1S/C20H21NO3.ClH/c1-3-24-19(22)15-21(18-12-8-5-9-13-18)20(23)16(2)14-17-10-6-4-7-11-17;/h4-14H,3,15H2,1-2H3;1H/b16-14+;. The van der Waals surface area contributed by atoms with Crippen molar-refractivity contribution >= 4 is 36.0 Å². The van der Waals surface area contributed by atoms with Crippen molar-refractivity contribution in [2.75, 3.05) is 18.1 Å². The van der Waals surface area contributed by atoms with Gasteiger partial charge >= 0.3 is 5.97 Å². The molecule has 25 heavy (non-hydrogen) atoms. The van der Waals surface area contributed by atoms with E-state index in [0.717, 1.165) is 5.56 Å². The summed E-state index contributed by atoms with van der Waals surface area (Å²) in [5.74, 6) is -0.652. The zero-order valence-corrected chi connectivity index (χ0v) is 15.2. The number of anilines is 1. The minimum absolute atomic E-state index is 0. The number of rotatable bonds is 6. The smallest absolute Gasteiger partial charge is 0.326 e. The minimum atomic E-state index is -0.429. The Labute approximate surface area is 154 Å². The number of carbonyl (C=O) groups excluding carboxylic acids is 2. The van der Waals surface area contributed by atoms with E-state index in [1.54, 1.807) is 26.0 Å². The highest BCUT2D eigenvalue weighted by Gasteiger charge is 2.21. The lowest BCUT2D eigenvalue weighted by Gasteiger charge is -2.22. The van der Waals surface area contributed by atoms with Crippen LogP contribution in [-0.4, -0.2) is 25.0 Å². The number of esters is 1. The molecular weight excluding hydrogens is 338 g/mol. The number of carbonyl (C=O) groups is 2. The van der Waals surface area contributed by atoms with Gasteiger partial charge in [0.2, 0.25) is 0 Å². The zero-order chi connectivity index (χ0) is 17.4. The van der Waals surface area contributed by atoms with Crippen LogP contribution in [0.25, 0.3) is 6.08 Å². The fraction of sp³-hybridized carbons (Fsp3) is 0.200. The maximum Gasteiger partial charge on any atom is 0.326 e. The Morgan fingerprint density at radius 1 is 1.00 bits per heavy atom. The molecule has 4 nitrogen and oxygen atoms in total. The van der Waals surface area contributed by atoms with Crippen LogP contribution in [0.3, 0.4) is 0 Å². The van der Waals surface area contributed by atoms with Crippen molar-refractivity contribution < 1.29 is 14.3 Å². The predicted octanol–water partition coefficient (Wildman–Crippen LogP) is 4.11. The average molecular weight is 360 g/mol. The number of nitrogens with zero attached hydrogens (tertiary/aromatic N) is 1. The van der Waals surface area contributed by atoms with E-state index in [9.17, 15) is 9.59 Å². The monoisotopic (exact) mass is 359 g/mol. The second-order valence-electron chi connectivity index (χ2n) is 5.27. The number of para-hydroxylation sites is 1. The maximum absolute atomic E-state index is 12.8. The number of ether oxygens (including phenoxy) is 1. The minimum Gasteiger partial charge on any atom is -0.465 e. The summed E-state index contributed by atoms with van der Waals surface area (Å²) in [6.45, 7) is 3.66. The Morgan fingerprint density at radius 3 is 2.12 bits per heavy atom. The molecule has 0 aliphatic carbocycles. The molecule has 0 saturated carbocycles. The molecule has 0 unspecified atom stereocenters. The summed E-state index contributed by atoms with van der Waals surface area (Å²) in [5.41, 5.74) is 2.15. The van der Waals surface area contributed by atoms with Crippen molar-refractivity contribution in [3.63, 3.8) is 0 Å². The summed E-state index contributed by atoms with van der Waals surface area (Å²) in [6, 6.07) is 18.7. The third kappa shape index (κ3) is 6.08. The maximum atomic E-state index is 12.8. The molecule has 2 aromatic carbocycles. The molecule has 1 amide bonds. The second kappa shape index (κ2) is 10.3. The lowest BCUT2D eigenvalue weighted by Crippen LogP contribution is -2.37. The molecule has 0 atom stereocenters. The van der Waals surface area contributed by atoms with E-state index in [0.29, 0.717) is 11.3 Å². The van der Waals surface area contributed by atoms with E-state index in [4.69, 9.17) is 4.74 Å². The fourth-order valence-corrected chi connectivity index (χ4v) is 2.30. The van der Waals surface area contributed by atoms with Gasteiger partial charge in [0.25, 0.3) is 5.91 Å². The highest BCUT2D eigenvalue weighted by molar-refractivity contribution is 6.09. The molecule has 0 aliphatic heterocycles. The summed E-state index contributed by atoms with van der Waals surface area (Å²) in [4.78, 5) is 26.2. The van der Waals surface area contributed by atoms with Gasteiger partial charge < -0.3 is 4.74 Å². The molecule has 132 valence electrons. The molecule has 0 radical (unpaired) electrons. The molecule has 5 heteroatoms. The van der Waals surface area contributed by atoms with Crippen molar-refractivity contribution in [1.29, 1.82) is 0 Å². The van der Waals surface area contributed by atoms with Crippen molar-refractivity contribution in [1.82, 2.24) is 0 Å². The van der Waals surface area contributed by atoms with E-state index in [1.165, 1.54) is 4.90 Å². The summed E-state index contributed by atoms with van der Waals surface area (Å²) >= 11 is 0. The van der Waals surface area contributed by atoms with Crippen molar-refractivity contribution in [2.24, 2.45) is 0 Å². The van der Waals surface area contributed by atoms with Crippen LogP contribution < -0.4 is 4.90 Å². The Kier molecular flexibility index (Phi) is 8.44. The van der Waals surface area contributed by atoms with Gasteiger partial charge in [-0.25, -0.2) is 0 Å². The zero-order valence-electron chi connectivity index (χ0n) is 14.3. The third-order valence-corrected chi connectivity index (χ3v) is 3.43. The van der Waals surface area contributed by atoms with Crippen LogP contribution >= 0.6 is 12.4 Å². The molecule has 0 aromatic heterocycles. The number of hydrogen-bond donors (Lipinski definition) is 0. The second-order valence-corrected chi connectivity index (χ2v) is 5.27. The first-order valence-electron chi connectivity index (χ1n) is 7.87. The Bertz CT molecular complexity index is 714. The van der Waals surface area contributed by atoms with E-state index in [1.807, 2.05) is 54.6 Å². The fourth-order valence-electron chi connectivity index (χ4n) is 2.30.